The van der Waals surface area contributed by atoms with E-state index in [2.05, 4.69) is 5.32 Å². The van der Waals surface area contributed by atoms with E-state index >= 15 is 0 Å². The molecule has 0 aliphatic rings. The van der Waals surface area contributed by atoms with E-state index in [1.54, 1.807) is 26.2 Å². The van der Waals surface area contributed by atoms with Gasteiger partial charge in [0.15, 0.2) is 6.10 Å². The molecule has 2 unspecified atom stereocenters. The first-order valence-corrected chi connectivity index (χ1v) is 7.29. The third kappa shape index (κ3) is 6.14. The first-order valence-electron chi connectivity index (χ1n) is 7.29. The zero-order valence-corrected chi connectivity index (χ0v) is 13.0. The standard InChI is InChI=1S/C16H25NO4/c1-4-15(18)13-6-8-14(9-7-13)21-12(2)16(19)17-10-5-11-20-3/h6-9,12,15,18H,4-5,10-11H2,1-3H3,(H,17,19). The first-order chi connectivity index (χ1) is 10.1. The Morgan fingerprint density at radius 3 is 2.57 bits per heavy atom. The van der Waals surface area contributed by atoms with Crippen LogP contribution in [-0.4, -0.2) is 37.4 Å². The highest BCUT2D eigenvalue weighted by molar-refractivity contribution is 5.80. The summed E-state index contributed by atoms with van der Waals surface area (Å²) in [5.74, 6) is 0.463. The number of hydrogen-bond donors (Lipinski definition) is 2. The molecule has 2 atom stereocenters. The largest absolute Gasteiger partial charge is 0.481 e. The van der Waals surface area contributed by atoms with Gasteiger partial charge in [0.05, 0.1) is 6.10 Å². The lowest BCUT2D eigenvalue weighted by Gasteiger charge is -2.15. The molecule has 0 bridgehead atoms. The van der Waals surface area contributed by atoms with Crippen molar-refractivity contribution in [3.05, 3.63) is 29.8 Å². The molecule has 118 valence electrons. The number of carbonyl (C=O) groups excluding carboxylic acids is 1. The normalized spacial score (nSPS) is 13.5. The van der Waals surface area contributed by atoms with Crippen LogP contribution in [0.3, 0.4) is 0 Å². The molecule has 5 heteroatoms. The zero-order valence-electron chi connectivity index (χ0n) is 13.0. The van der Waals surface area contributed by atoms with Gasteiger partial charge in [0.1, 0.15) is 5.75 Å². The molecule has 0 fully saturated rings. The fourth-order valence-corrected chi connectivity index (χ4v) is 1.83. The second kappa shape index (κ2) is 9.37. The lowest BCUT2D eigenvalue weighted by atomic mass is 10.1. The molecule has 1 amide bonds. The molecular weight excluding hydrogens is 270 g/mol. The van der Waals surface area contributed by atoms with Gasteiger partial charge in [-0.2, -0.15) is 0 Å². The number of methoxy groups -OCH3 is 1. The van der Waals surface area contributed by atoms with Crippen LogP contribution in [0.5, 0.6) is 5.75 Å². The molecule has 0 radical (unpaired) electrons. The number of amides is 1. The zero-order chi connectivity index (χ0) is 15.7. The van der Waals surface area contributed by atoms with E-state index in [9.17, 15) is 9.90 Å². The van der Waals surface area contributed by atoms with E-state index in [1.807, 2.05) is 19.1 Å². The summed E-state index contributed by atoms with van der Waals surface area (Å²) in [5, 5.41) is 12.5. The minimum Gasteiger partial charge on any atom is -0.481 e. The van der Waals surface area contributed by atoms with E-state index in [1.165, 1.54) is 0 Å². The van der Waals surface area contributed by atoms with Crippen LogP contribution < -0.4 is 10.1 Å². The average Bonchev–Trinajstić information content (AvgIpc) is 2.51. The van der Waals surface area contributed by atoms with Gasteiger partial charge in [-0.25, -0.2) is 0 Å². The monoisotopic (exact) mass is 295 g/mol. The van der Waals surface area contributed by atoms with Gasteiger partial charge in [-0.05, 0) is 37.5 Å². The molecule has 1 rings (SSSR count). The molecule has 1 aromatic rings. The summed E-state index contributed by atoms with van der Waals surface area (Å²) in [6, 6.07) is 7.16. The molecule has 0 heterocycles. The lowest BCUT2D eigenvalue weighted by Crippen LogP contribution is -2.37. The van der Waals surface area contributed by atoms with Crippen molar-refractivity contribution in [1.29, 1.82) is 0 Å². The van der Waals surface area contributed by atoms with E-state index in [0.717, 1.165) is 12.0 Å². The maximum Gasteiger partial charge on any atom is 0.260 e. The van der Waals surface area contributed by atoms with Crippen LogP contribution in [0.2, 0.25) is 0 Å². The molecule has 0 aromatic heterocycles. The number of benzene rings is 1. The molecule has 1 aromatic carbocycles. The van der Waals surface area contributed by atoms with Gasteiger partial charge in [-0.15, -0.1) is 0 Å². The highest BCUT2D eigenvalue weighted by Gasteiger charge is 2.14. The van der Waals surface area contributed by atoms with Crippen LogP contribution in [0.15, 0.2) is 24.3 Å². The molecular formula is C16H25NO4. The predicted molar refractivity (Wildman–Crippen MR) is 81.3 cm³/mol. The summed E-state index contributed by atoms with van der Waals surface area (Å²) < 4.78 is 10.5. The van der Waals surface area contributed by atoms with Crippen molar-refractivity contribution in [2.75, 3.05) is 20.3 Å². The number of aliphatic hydroxyl groups excluding tert-OH is 1. The summed E-state index contributed by atoms with van der Waals surface area (Å²) >= 11 is 0. The molecule has 0 aliphatic carbocycles. The summed E-state index contributed by atoms with van der Waals surface area (Å²) in [4.78, 5) is 11.8. The van der Waals surface area contributed by atoms with Gasteiger partial charge in [0, 0.05) is 20.3 Å². The Labute approximate surface area is 126 Å². The van der Waals surface area contributed by atoms with Gasteiger partial charge in [-0.3, -0.25) is 4.79 Å². The van der Waals surface area contributed by atoms with Crippen molar-refractivity contribution in [3.63, 3.8) is 0 Å². The summed E-state index contributed by atoms with van der Waals surface area (Å²) in [5.41, 5.74) is 0.849. The maximum absolute atomic E-state index is 11.8. The number of ether oxygens (including phenoxy) is 2. The van der Waals surface area contributed by atoms with Gasteiger partial charge in [0.2, 0.25) is 0 Å². The van der Waals surface area contributed by atoms with E-state index in [4.69, 9.17) is 9.47 Å². The molecule has 0 spiro atoms. The average molecular weight is 295 g/mol. The number of carbonyl (C=O) groups is 1. The van der Waals surface area contributed by atoms with Crippen molar-refractivity contribution in [2.45, 2.75) is 38.9 Å². The van der Waals surface area contributed by atoms with Crippen molar-refractivity contribution in [1.82, 2.24) is 5.32 Å². The van der Waals surface area contributed by atoms with Crippen molar-refractivity contribution in [3.8, 4) is 5.75 Å². The van der Waals surface area contributed by atoms with E-state index < -0.39 is 12.2 Å². The lowest BCUT2D eigenvalue weighted by molar-refractivity contribution is -0.127. The van der Waals surface area contributed by atoms with Crippen LogP contribution in [0.4, 0.5) is 0 Å². The van der Waals surface area contributed by atoms with Crippen LogP contribution in [0.1, 0.15) is 38.4 Å². The van der Waals surface area contributed by atoms with Crippen LogP contribution in [0, 0.1) is 0 Å². The Morgan fingerprint density at radius 2 is 2.00 bits per heavy atom. The highest BCUT2D eigenvalue weighted by Crippen LogP contribution is 2.20. The Hall–Kier alpha value is -1.59. The van der Waals surface area contributed by atoms with Gasteiger partial charge < -0.3 is 19.9 Å². The Kier molecular flexibility index (Phi) is 7.79. The summed E-state index contributed by atoms with van der Waals surface area (Å²) in [7, 11) is 1.63. The van der Waals surface area contributed by atoms with Crippen LogP contribution in [0.25, 0.3) is 0 Å². The minimum atomic E-state index is -0.561. The molecule has 0 saturated heterocycles. The maximum atomic E-state index is 11.8. The van der Waals surface area contributed by atoms with Gasteiger partial charge in [0.25, 0.3) is 5.91 Å². The number of nitrogens with one attached hydrogen (secondary N) is 1. The van der Waals surface area contributed by atoms with E-state index in [-0.39, 0.29) is 5.91 Å². The van der Waals surface area contributed by atoms with Crippen molar-refractivity contribution < 1.29 is 19.4 Å². The number of rotatable bonds is 9. The minimum absolute atomic E-state index is 0.149. The second-order valence-corrected chi connectivity index (χ2v) is 4.89. The Bertz CT molecular complexity index is 419. The second-order valence-electron chi connectivity index (χ2n) is 4.89. The van der Waals surface area contributed by atoms with Crippen molar-refractivity contribution in [2.24, 2.45) is 0 Å². The summed E-state index contributed by atoms with van der Waals surface area (Å²) in [6.45, 7) is 4.82. The fraction of sp³-hybridized carbons (Fsp3) is 0.562. The molecule has 2 N–H and O–H groups in total. The molecule has 0 aliphatic heterocycles. The third-order valence-electron chi connectivity index (χ3n) is 3.16. The van der Waals surface area contributed by atoms with Gasteiger partial charge >= 0.3 is 0 Å². The predicted octanol–water partition coefficient (Wildman–Crippen LogP) is 2.05. The molecule has 21 heavy (non-hydrogen) atoms. The molecule has 0 saturated carbocycles. The third-order valence-corrected chi connectivity index (χ3v) is 3.16. The Balaban J connectivity index is 2.43. The number of aliphatic hydroxyl groups is 1. The smallest absolute Gasteiger partial charge is 0.260 e. The topological polar surface area (TPSA) is 67.8 Å². The fourth-order valence-electron chi connectivity index (χ4n) is 1.83. The SMILES string of the molecule is CCC(O)c1ccc(OC(C)C(=O)NCCCOC)cc1. The quantitative estimate of drug-likeness (QED) is 0.684. The summed E-state index contributed by atoms with van der Waals surface area (Å²) in [6.07, 6.45) is 0.425. The van der Waals surface area contributed by atoms with Crippen LogP contribution >= 0.6 is 0 Å². The molecule has 5 nitrogen and oxygen atoms in total. The van der Waals surface area contributed by atoms with E-state index in [0.29, 0.717) is 25.3 Å². The van der Waals surface area contributed by atoms with Crippen molar-refractivity contribution >= 4 is 5.91 Å². The first kappa shape index (κ1) is 17.5. The van der Waals surface area contributed by atoms with Crippen LogP contribution in [-0.2, 0) is 9.53 Å². The highest BCUT2D eigenvalue weighted by atomic mass is 16.5. The Morgan fingerprint density at radius 1 is 1.33 bits per heavy atom. The number of hydrogen-bond acceptors (Lipinski definition) is 4. The van der Waals surface area contributed by atoms with Gasteiger partial charge in [-0.1, -0.05) is 19.1 Å².